The summed E-state index contributed by atoms with van der Waals surface area (Å²) < 4.78 is 0. The third-order valence-corrected chi connectivity index (χ3v) is 5.21. The second-order valence-corrected chi connectivity index (χ2v) is 6.79. The van der Waals surface area contributed by atoms with Crippen LogP contribution in [0.3, 0.4) is 0 Å². The van der Waals surface area contributed by atoms with E-state index in [1.165, 1.54) is 16.8 Å². The highest BCUT2D eigenvalue weighted by Gasteiger charge is 2.22. The Balaban J connectivity index is 1.54. The topological polar surface area (TPSA) is 49.6 Å². The number of aryl methyl sites for hydroxylation is 2. The van der Waals surface area contributed by atoms with Crippen molar-refractivity contribution < 1.29 is 4.79 Å². The molecule has 4 heteroatoms. The van der Waals surface area contributed by atoms with Crippen LogP contribution in [0.4, 0.5) is 11.4 Å². The van der Waals surface area contributed by atoms with Gasteiger partial charge in [-0.15, -0.1) is 0 Å². The summed E-state index contributed by atoms with van der Waals surface area (Å²) in [4.78, 5) is 16.9. The molecule has 1 heterocycles. The first-order valence-corrected chi connectivity index (χ1v) is 8.98. The molecular formula is C21H27N3O. The van der Waals surface area contributed by atoms with E-state index in [-0.39, 0.29) is 5.91 Å². The molecular weight excluding hydrogens is 310 g/mol. The summed E-state index contributed by atoms with van der Waals surface area (Å²) >= 11 is 0. The number of anilines is 2. The molecule has 0 unspecified atom stereocenters. The van der Waals surface area contributed by atoms with Gasteiger partial charge in [-0.3, -0.25) is 4.79 Å². The fraction of sp³-hybridized carbons (Fsp3) is 0.381. The largest absolute Gasteiger partial charge is 0.399 e. The number of nitrogen functional groups attached to an aromatic ring is 1. The average Bonchev–Trinajstić information content (AvgIpc) is 2.63. The first kappa shape index (κ1) is 17.3. The summed E-state index contributed by atoms with van der Waals surface area (Å²) in [6.07, 6.45) is 1.24. The van der Waals surface area contributed by atoms with E-state index in [0.29, 0.717) is 12.8 Å². The van der Waals surface area contributed by atoms with Gasteiger partial charge in [0.15, 0.2) is 0 Å². The number of nitrogens with two attached hydrogens (primary N) is 1. The molecule has 1 saturated heterocycles. The van der Waals surface area contributed by atoms with Gasteiger partial charge in [0.25, 0.3) is 0 Å². The molecule has 0 bridgehead atoms. The van der Waals surface area contributed by atoms with Crippen LogP contribution >= 0.6 is 0 Å². The number of amides is 1. The van der Waals surface area contributed by atoms with Crippen LogP contribution in [0, 0.1) is 13.8 Å². The van der Waals surface area contributed by atoms with Crippen molar-refractivity contribution in [3.63, 3.8) is 0 Å². The normalized spacial score (nSPS) is 14.6. The van der Waals surface area contributed by atoms with Crippen LogP contribution in [0.15, 0.2) is 42.5 Å². The number of nitrogens with zero attached hydrogens (tertiary/aromatic N) is 2. The minimum atomic E-state index is 0.226. The van der Waals surface area contributed by atoms with Crippen LogP contribution < -0.4 is 10.6 Å². The van der Waals surface area contributed by atoms with Crippen molar-refractivity contribution in [1.82, 2.24) is 4.90 Å². The first-order valence-electron chi connectivity index (χ1n) is 8.98. The number of carbonyl (C=O) groups excluding carboxylic acids is 1. The first-order chi connectivity index (χ1) is 12.1. The molecule has 1 amide bonds. The lowest BCUT2D eigenvalue weighted by atomic mass is 10.1. The number of rotatable bonds is 4. The molecule has 0 spiro atoms. The maximum atomic E-state index is 12.5. The molecule has 0 aromatic heterocycles. The zero-order chi connectivity index (χ0) is 17.8. The van der Waals surface area contributed by atoms with E-state index in [1.807, 2.05) is 29.2 Å². The molecule has 1 fully saturated rings. The quantitative estimate of drug-likeness (QED) is 0.872. The van der Waals surface area contributed by atoms with Gasteiger partial charge in [-0.1, -0.05) is 30.3 Å². The van der Waals surface area contributed by atoms with Gasteiger partial charge in [-0.25, -0.2) is 0 Å². The van der Waals surface area contributed by atoms with Crippen LogP contribution in [0.1, 0.15) is 23.1 Å². The van der Waals surface area contributed by atoms with Crippen molar-refractivity contribution in [2.24, 2.45) is 0 Å². The summed E-state index contributed by atoms with van der Waals surface area (Å²) in [7, 11) is 0. The van der Waals surface area contributed by atoms with Gasteiger partial charge in [0.1, 0.15) is 0 Å². The van der Waals surface area contributed by atoms with Crippen LogP contribution in [-0.2, 0) is 11.2 Å². The Morgan fingerprint density at radius 2 is 1.72 bits per heavy atom. The zero-order valence-corrected chi connectivity index (χ0v) is 15.2. The summed E-state index contributed by atoms with van der Waals surface area (Å²) in [5.41, 5.74) is 11.7. The Bertz CT molecular complexity index is 749. The molecule has 0 atom stereocenters. The van der Waals surface area contributed by atoms with Gasteiger partial charge in [0.2, 0.25) is 5.91 Å². The van der Waals surface area contributed by atoms with Gasteiger partial charge in [0.05, 0.1) is 0 Å². The minimum absolute atomic E-state index is 0.226. The van der Waals surface area contributed by atoms with E-state index in [2.05, 4.69) is 36.9 Å². The van der Waals surface area contributed by atoms with Crippen molar-refractivity contribution in [1.29, 1.82) is 0 Å². The molecule has 2 aromatic carbocycles. The molecule has 2 aromatic rings. The Kier molecular flexibility index (Phi) is 5.27. The van der Waals surface area contributed by atoms with Crippen molar-refractivity contribution in [2.75, 3.05) is 36.8 Å². The molecule has 0 saturated carbocycles. The number of hydrogen-bond acceptors (Lipinski definition) is 3. The fourth-order valence-electron chi connectivity index (χ4n) is 3.44. The second kappa shape index (κ2) is 7.60. The van der Waals surface area contributed by atoms with Crippen LogP contribution in [-0.4, -0.2) is 37.0 Å². The molecule has 1 aliphatic rings. The van der Waals surface area contributed by atoms with Gasteiger partial charge in [-0.05, 0) is 49.1 Å². The number of benzene rings is 2. The lowest BCUT2D eigenvalue weighted by Crippen LogP contribution is -2.49. The van der Waals surface area contributed by atoms with Gasteiger partial charge in [0, 0.05) is 44.0 Å². The van der Waals surface area contributed by atoms with Crippen molar-refractivity contribution in [3.05, 3.63) is 59.2 Å². The van der Waals surface area contributed by atoms with E-state index >= 15 is 0 Å². The Labute approximate surface area is 150 Å². The summed E-state index contributed by atoms with van der Waals surface area (Å²) in [6.45, 7) is 7.68. The molecule has 1 aliphatic heterocycles. The maximum absolute atomic E-state index is 12.5. The third-order valence-electron chi connectivity index (χ3n) is 5.21. The maximum Gasteiger partial charge on any atom is 0.223 e. The van der Waals surface area contributed by atoms with E-state index < -0.39 is 0 Å². The van der Waals surface area contributed by atoms with Crippen LogP contribution in [0.25, 0.3) is 0 Å². The SMILES string of the molecule is Cc1cccc(N2CCN(C(=O)CCc3ccccc3N)CC2)c1C. The summed E-state index contributed by atoms with van der Waals surface area (Å²) in [6, 6.07) is 14.2. The average molecular weight is 337 g/mol. The lowest BCUT2D eigenvalue weighted by Gasteiger charge is -2.37. The molecule has 0 radical (unpaired) electrons. The highest BCUT2D eigenvalue weighted by Crippen LogP contribution is 2.24. The van der Waals surface area contributed by atoms with Crippen molar-refractivity contribution in [2.45, 2.75) is 26.7 Å². The van der Waals surface area contributed by atoms with Gasteiger partial charge < -0.3 is 15.5 Å². The van der Waals surface area contributed by atoms with Crippen molar-refractivity contribution in [3.8, 4) is 0 Å². The highest BCUT2D eigenvalue weighted by molar-refractivity contribution is 5.77. The van der Waals surface area contributed by atoms with Crippen LogP contribution in [0.5, 0.6) is 0 Å². The number of hydrogen-bond donors (Lipinski definition) is 1. The van der Waals surface area contributed by atoms with Crippen LogP contribution in [0.2, 0.25) is 0 Å². The number of piperazine rings is 1. The Hall–Kier alpha value is -2.49. The second-order valence-electron chi connectivity index (χ2n) is 6.79. The molecule has 132 valence electrons. The van der Waals surface area contributed by atoms with E-state index in [4.69, 9.17) is 5.73 Å². The predicted molar refractivity (Wildman–Crippen MR) is 104 cm³/mol. The number of para-hydroxylation sites is 1. The fourth-order valence-corrected chi connectivity index (χ4v) is 3.44. The molecule has 25 heavy (non-hydrogen) atoms. The van der Waals surface area contributed by atoms with Crippen molar-refractivity contribution >= 4 is 17.3 Å². The Morgan fingerprint density at radius 1 is 1.00 bits per heavy atom. The standard InChI is InChI=1S/C21H27N3O/c1-16-6-5-9-20(17(16)2)23-12-14-24(15-13-23)21(25)11-10-18-7-3-4-8-19(18)22/h3-9H,10-15,22H2,1-2H3. The molecule has 0 aliphatic carbocycles. The minimum Gasteiger partial charge on any atom is -0.399 e. The zero-order valence-electron chi connectivity index (χ0n) is 15.2. The monoisotopic (exact) mass is 337 g/mol. The molecule has 3 rings (SSSR count). The lowest BCUT2D eigenvalue weighted by molar-refractivity contribution is -0.131. The van der Waals surface area contributed by atoms with Gasteiger partial charge >= 0.3 is 0 Å². The van der Waals surface area contributed by atoms with E-state index in [1.54, 1.807) is 0 Å². The molecule has 4 nitrogen and oxygen atoms in total. The van der Waals surface area contributed by atoms with E-state index in [0.717, 1.165) is 37.4 Å². The van der Waals surface area contributed by atoms with E-state index in [9.17, 15) is 4.79 Å². The highest BCUT2D eigenvalue weighted by atomic mass is 16.2. The molecule has 2 N–H and O–H groups in total. The smallest absolute Gasteiger partial charge is 0.223 e. The summed E-state index contributed by atoms with van der Waals surface area (Å²) in [5.74, 6) is 0.226. The van der Waals surface area contributed by atoms with Gasteiger partial charge in [-0.2, -0.15) is 0 Å². The predicted octanol–water partition coefficient (Wildman–Crippen LogP) is 3.17. The number of carbonyl (C=O) groups is 1. The third kappa shape index (κ3) is 3.95. The Morgan fingerprint density at radius 3 is 2.44 bits per heavy atom. The summed E-state index contributed by atoms with van der Waals surface area (Å²) in [5, 5.41) is 0.